The van der Waals surface area contributed by atoms with Gasteiger partial charge in [-0.15, -0.1) is 0 Å². The number of hydrogen-bond acceptors (Lipinski definition) is 3. The van der Waals surface area contributed by atoms with Crippen molar-refractivity contribution in [2.24, 2.45) is 0 Å². The Morgan fingerprint density at radius 1 is 1.25 bits per heavy atom. The van der Waals surface area contributed by atoms with Crippen LogP contribution in [0, 0.1) is 0 Å². The van der Waals surface area contributed by atoms with Crippen LogP contribution < -0.4 is 16.0 Å². The number of urea groups is 1. The molecule has 0 atom stereocenters. The van der Waals surface area contributed by atoms with Crippen molar-refractivity contribution in [3.8, 4) is 0 Å². The Bertz CT molecular complexity index is 568. The van der Waals surface area contributed by atoms with Crippen molar-refractivity contribution in [3.05, 3.63) is 29.8 Å². The van der Waals surface area contributed by atoms with E-state index in [4.69, 9.17) is 4.74 Å². The minimum absolute atomic E-state index is 0.00819. The topological polar surface area (TPSA) is 79.5 Å². The number of carbonyl (C=O) groups is 2. The second kappa shape index (κ2) is 8.68. The molecule has 0 aromatic heterocycles. The van der Waals surface area contributed by atoms with Gasteiger partial charge in [0.05, 0.1) is 12.1 Å². The van der Waals surface area contributed by atoms with Crippen molar-refractivity contribution in [1.82, 2.24) is 10.6 Å². The van der Waals surface area contributed by atoms with E-state index in [0.29, 0.717) is 19.4 Å². The van der Waals surface area contributed by atoms with E-state index in [9.17, 15) is 9.59 Å². The van der Waals surface area contributed by atoms with Crippen molar-refractivity contribution in [2.45, 2.75) is 44.1 Å². The lowest BCUT2D eigenvalue weighted by Gasteiger charge is -2.29. The number of ether oxygens (including phenoxy) is 1. The summed E-state index contributed by atoms with van der Waals surface area (Å²) in [5.41, 5.74) is 1.49. The summed E-state index contributed by atoms with van der Waals surface area (Å²) in [6.45, 7) is 0.534. The van der Waals surface area contributed by atoms with Crippen LogP contribution in [-0.2, 0) is 16.0 Å². The van der Waals surface area contributed by atoms with E-state index in [0.717, 1.165) is 36.9 Å². The molecule has 2 rings (SSSR count). The molecule has 3 N–H and O–H groups in total. The number of nitrogens with one attached hydrogen (secondary N) is 3. The highest BCUT2D eigenvalue weighted by atomic mass is 16.5. The lowest BCUT2D eigenvalue weighted by Crippen LogP contribution is -2.51. The highest BCUT2D eigenvalue weighted by Crippen LogP contribution is 2.30. The number of aryl methyl sites for hydroxylation is 1. The average Bonchev–Trinajstić information content (AvgIpc) is 3.01. The van der Waals surface area contributed by atoms with Gasteiger partial charge < -0.3 is 20.7 Å². The maximum absolute atomic E-state index is 12.3. The van der Waals surface area contributed by atoms with E-state index in [2.05, 4.69) is 16.0 Å². The Labute approximate surface area is 143 Å². The molecule has 1 aromatic carbocycles. The number of rotatable bonds is 7. The second-order valence-electron chi connectivity index (χ2n) is 6.37. The van der Waals surface area contributed by atoms with Crippen LogP contribution in [0.25, 0.3) is 0 Å². The predicted molar refractivity (Wildman–Crippen MR) is 94.1 cm³/mol. The third-order valence-corrected chi connectivity index (χ3v) is 4.46. The molecule has 1 saturated carbocycles. The van der Waals surface area contributed by atoms with Crippen LogP contribution in [0.15, 0.2) is 24.3 Å². The van der Waals surface area contributed by atoms with Crippen LogP contribution in [0.3, 0.4) is 0 Å². The predicted octanol–water partition coefficient (Wildman–Crippen LogP) is 2.45. The first-order valence-electron chi connectivity index (χ1n) is 8.44. The lowest BCUT2D eigenvalue weighted by molar-refractivity contribution is -0.120. The Kier molecular flexibility index (Phi) is 6.61. The molecule has 0 aliphatic heterocycles. The maximum Gasteiger partial charge on any atom is 0.319 e. The molecule has 1 aromatic rings. The monoisotopic (exact) mass is 333 g/mol. The number of anilines is 1. The van der Waals surface area contributed by atoms with E-state index < -0.39 is 0 Å². The number of hydrogen-bond donors (Lipinski definition) is 3. The first-order chi connectivity index (χ1) is 11.6. The van der Waals surface area contributed by atoms with Crippen LogP contribution in [-0.4, -0.2) is 38.2 Å². The zero-order valence-electron chi connectivity index (χ0n) is 14.5. The summed E-state index contributed by atoms with van der Waals surface area (Å²) < 4.78 is 5.28. The largest absolute Gasteiger partial charge is 0.382 e. The van der Waals surface area contributed by atoms with E-state index in [1.165, 1.54) is 0 Å². The number of methoxy groups -OCH3 is 1. The van der Waals surface area contributed by atoms with Gasteiger partial charge in [0.15, 0.2) is 0 Å². The van der Waals surface area contributed by atoms with Crippen molar-refractivity contribution < 1.29 is 14.3 Å². The Morgan fingerprint density at radius 3 is 2.67 bits per heavy atom. The molecule has 6 heteroatoms. The van der Waals surface area contributed by atoms with E-state index in [1.54, 1.807) is 14.2 Å². The molecule has 1 aliphatic carbocycles. The van der Waals surface area contributed by atoms with Gasteiger partial charge in [-0.25, -0.2) is 4.79 Å². The molecular weight excluding hydrogens is 306 g/mol. The minimum Gasteiger partial charge on any atom is -0.382 e. The third-order valence-electron chi connectivity index (χ3n) is 4.46. The van der Waals surface area contributed by atoms with E-state index in [-0.39, 0.29) is 17.5 Å². The Hall–Kier alpha value is -2.08. The zero-order valence-corrected chi connectivity index (χ0v) is 14.5. The van der Waals surface area contributed by atoms with Crippen LogP contribution in [0.2, 0.25) is 0 Å². The first-order valence-corrected chi connectivity index (χ1v) is 8.44. The van der Waals surface area contributed by atoms with Crippen LogP contribution in [0.1, 0.15) is 37.7 Å². The number of benzene rings is 1. The van der Waals surface area contributed by atoms with Crippen LogP contribution in [0.5, 0.6) is 0 Å². The molecule has 0 saturated heterocycles. The van der Waals surface area contributed by atoms with Gasteiger partial charge >= 0.3 is 6.03 Å². The SMILES string of the molecule is CNC(=O)CCc1cccc(NC(=O)NC2(COC)CCCC2)c1. The summed E-state index contributed by atoms with van der Waals surface area (Å²) in [5.74, 6) is 0.00819. The van der Waals surface area contributed by atoms with Gasteiger partial charge in [-0.2, -0.15) is 0 Å². The number of amides is 3. The summed E-state index contributed by atoms with van der Waals surface area (Å²) in [6.07, 6.45) is 5.19. The van der Waals surface area contributed by atoms with Crippen LogP contribution >= 0.6 is 0 Å². The van der Waals surface area contributed by atoms with Crippen molar-refractivity contribution >= 4 is 17.6 Å². The average molecular weight is 333 g/mol. The molecule has 1 aliphatic rings. The Morgan fingerprint density at radius 2 is 2.00 bits per heavy atom. The third kappa shape index (κ3) is 5.23. The standard InChI is InChI=1S/C18H27N3O3/c1-19-16(22)9-8-14-6-5-7-15(12-14)20-17(23)21-18(13-24-2)10-3-4-11-18/h5-7,12H,3-4,8-11,13H2,1-2H3,(H,19,22)(H2,20,21,23). The van der Waals surface area contributed by atoms with E-state index in [1.807, 2.05) is 24.3 Å². The molecule has 0 heterocycles. The van der Waals surface area contributed by atoms with Crippen molar-refractivity contribution in [3.63, 3.8) is 0 Å². The maximum atomic E-state index is 12.3. The smallest absolute Gasteiger partial charge is 0.319 e. The molecular formula is C18H27N3O3. The molecule has 24 heavy (non-hydrogen) atoms. The van der Waals surface area contributed by atoms with Gasteiger partial charge in [-0.3, -0.25) is 4.79 Å². The fourth-order valence-corrected chi connectivity index (χ4v) is 3.22. The van der Waals surface area contributed by atoms with Gasteiger partial charge in [0, 0.05) is 26.3 Å². The zero-order chi connectivity index (χ0) is 17.4. The molecule has 0 unspecified atom stereocenters. The Balaban J connectivity index is 1.92. The summed E-state index contributed by atoms with van der Waals surface area (Å²) in [6, 6.07) is 7.38. The lowest BCUT2D eigenvalue weighted by atomic mass is 9.99. The highest BCUT2D eigenvalue weighted by Gasteiger charge is 2.35. The quantitative estimate of drug-likeness (QED) is 0.717. The van der Waals surface area contributed by atoms with Gasteiger partial charge in [-0.05, 0) is 37.0 Å². The normalized spacial score (nSPS) is 15.8. The van der Waals surface area contributed by atoms with Crippen LogP contribution in [0.4, 0.5) is 10.5 Å². The molecule has 1 fully saturated rings. The summed E-state index contributed by atoms with van der Waals surface area (Å²) in [7, 11) is 3.29. The molecule has 132 valence electrons. The molecule has 0 spiro atoms. The van der Waals surface area contributed by atoms with E-state index >= 15 is 0 Å². The highest BCUT2D eigenvalue weighted by molar-refractivity contribution is 5.90. The summed E-state index contributed by atoms with van der Waals surface area (Å²) >= 11 is 0. The molecule has 6 nitrogen and oxygen atoms in total. The van der Waals surface area contributed by atoms with Gasteiger partial charge in [-0.1, -0.05) is 25.0 Å². The molecule has 3 amide bonds. The van der Waals surface area contributed by atoms with Gasteiger partial charge in [0.1, 0.15) is 0 Å². The summed E-state index contributed by atoms with van der Waals surface area (Å²) in [5, 5.41) is 8.58. The molecule has 0 radical (unpaired) electrons. The summed E-state index contributed by atoms with van der Waals surface area (Å²) in [4.78, 5) is 23.7. The fourth-order valence-electron chi connectivity index (χ4n) is 3.22. The second-order valence-corrected chi connectivity index (χ2v) is 6.37. The van der Waals surface area contributed by atoms with Crippen molar-refractivity contribution in [2.75, 3.05) is 26.1 Å². The number of carbonyl (C=O) groups excluding carboxylic acids is 2. The molecule has 0 bridgehead atoms. The van der Waals surface area contributed by atoms with Gasteiger partial charge in [0.25, 0.3) is 0 Å². The first kappa shape index (κ1) is 18.3. The van der Waals surface area contributed by atoms with Gasteiger partial charge in [0.2, 0.25) is 5.91 Å². The van der Waals surface area contributed by atoms with Crippen molar-refractivity contribution in [1.29, 1.82) is 0 Å². The fraction of sp³-hybridized carbons (Fsp3) is 0.556. The minimum atomic E-state index is -0.254.